The van der Waals surface area contributed by atoms with Crippen molar-refractivity contribution in [3.05, 3.63) is 102 Å². The number of hydroxylamine groups is 1. The summed E-state index contributed by atoms with van der Waals surface area (Å²) < 4.78 is 17.0. The van der Waals surface area contributed by atoms with E-state index in [1.807, 2.05) is 6.07 Å². The molecule has 0 spiro atoms. The van der Waals surface area contributed by atoms with Crippen LogP contribution in [0.1, 0.15) is 34.9 Å². The molecule has 4 N–H and O–H groups in total. The van der Waals surface area contributed by atoms with E-state index in [0.717, 1.165) is 6.08 Å². The first-order valence-corrected chi connectivity index (χ1v) is 11.7. The van der Waals surface area contributed by atoms with Gasteiger partial charge in [-0.25, -0.2) is 10.3 Å². The molecule has 0 bridgehead atoms. The highest BCUT2D eigenvalue weighted by Crippen LogP contribution is 2.34. The van der Waals surface area contributed by atoms with E-state index in [4.69, 9.17) is 19.4 Å². The first-order chi connectivity index (χ1) is 18.4. The number of phenols is 1. The summed E-state index contributed by atoms with van der Waals surface area (Å²) in [6.45, 7) is 0. The lowest BCUT2D eigenvalue weighted by atomic mass is 9.99. The zero-order chi connectivity index (χ0) is 27.3. The Kier molecular flexibility index (Phi) is 10.3. The SMILES string of the molecule is COc1ccc([C@@H](OC(=O)NC(=O)c2ccccc2)[C@@H](CC/C=C/C(=O)NO)Oc2ccccc2)cc1O. The van der Waals surface area contributed by atoms with Crippen LogP contribution >= 0.6 is 0 Å². The summed E-state index contributed by atoms with van der Waals surface area (Å²) in [5.41, 5.74) is 2.16. The van der Waals surface area contributed by atoms with Crippen LogP contribution in [0.15, 0.2) is 91.0 Å². The van der Waals surface area contributed by atoms with Crippen molar-refractivity contribution >= 4 is 17.9 Å². The number of benzene rings is 3. The molecule has 3 aromatic rings. The molecule has 0 aliphatic rings. The number of amides is 3. The number of rotatable bonds is 11. The highest BCUT2D eigenvalue weighted by Gasteiger charge is 2.30. The maximum absolute atomic E-state index is 12.8. The summed E-state index contributed by atoms with van der Waals surface area (Å²) >= 11 is 0. The van der Waals surface area contributed by atoms with Gasteiger partial charge < -0.3 is 19.3 Å². The number of methoxy groups -OCH3 is 1. The second-order valence-corrected chi connectivity index (χ2v) is 8.00. The Hall–Kier alpha value is -4.83. The molecule has 0 saturated heterocycles. The number of phenolic OH excluding ortho intramolecular Hbond substituents is 1. The molecule has 198 valence electrons. The predicted octanol–water partition coefficient (Wildman–Crippen LogP) is 4.30. The monoisotopic (exact) mass is 520 g/mol. The summed E-state index contributed by atoms with van der Waals surface area (Å²) in [5, 5.41) is 21.3. The van der Waals surface area contributed by atoms with Crippen molar-refractivity contribution in [1.29, 1.82) is 0 Å². The van der Waals surface area contributed by atoms with Gasteiger partial charge in [-0.15, -0.1) is 0 Å². The minimum atomic E-state index is -1.09. The van der Waals surface area contributed by atoms with Gasteiger partial charge >= 0.3 is 6.09 Å². The van der Waals surface area contributed by atoms with Crippen molar-refractivity contribution in [3.63, 3.8) is 0 Å². The molecule has 0 saturated carbocycles. The van der Waals surface area contributed by atoms with Crippen LogP contribution in [-0.2, 0) is 9.53 Å². The molecular formula is C28H28N2O8. The standard InChI is InChI=1S/C28H28N2O8/c1-36-23-17-16-20(18-22(23)31)26(38-28(34)29-27(33)19-10-4-2-5-11-19)24(14-8-9-15-25(32)30-35)37-21-12-6-3-7-13-21/h2-7,9-13,15-18,24,26,31,35H,8,14H2,1H3,(H,30,32)(H,29,33,34)/b15-9+/t24-,26-/m1/s1. The second kappa shape index (κ2) is 14.0. The summed E-state index contributed by atoms with van der Waals surface area (Å²) in [4.78, 5) is 36.7. The van der Waals surface area contributed by atoms with Gasteiger partial charge in [0.05, 0.1) is 7.11 Å². The molecule has 0 radical (unpaired) electrons. The Balaban J connectivity index is 1.90. The van der Waals surface area contributed by atoms with Crippen LogP contribution in [0.4, 0.5) is 4.79 Å². The smallest absolute Gasteiger partial charge is 0.414 e. The molecule has 3 amide bonds. The highest BCUT2D eigenvalue weighted by atomic mass is 16.6. The van der Waals surface area contributed by atoms with Gasteiger partial charge in [0.2, 0.25) is 0 Å². The van der Waals surface area contributed by atoms with Gasteiger partial charge in [0.25, 0.3) is 11.8 Å². The lowest BCUT2D eigenvalue weighted by Gasteiger charge is -2.28. The van der Waals surface area contributed by atoms with Crippen LogP contribution in [0.25, 0.3) is 0 Å². The average Bonchev–Trinajstić information content (AvgIpc) is 2.94. The molecule has 10 heteroatoms. The third-order valence-corrected chi connectivity index (χ3v) is 5.38. The molecule has 0 aliphatic carbocycles. The fraction of sp³-hybridized carbons (Fsp3) is 0.179. The number of para-hydroxylation sites is 1. The number of nitrogens with one attached hydrogen (secondary N) is 2. The van der Waals surface area contributed by atoms with Crippen molar-refractivity contribution in [2.24, 2.45) is 0 Å². The van der Waals surface area contributed by atoms with E-state index in [1.165, 1.54) is 30.8 Å². The molecule has 0 aromatic heterocycles. The number of allylic oxidation sites excluding steroid dienone is 1. The van der Waals surface area contributed by atoms with Crippen molar-refractivity contribution < 1.29 is 38.9 Å². The third kappa shape index (κ3) is 8.10. The van der Waals surface area contributed by atoms with Gasteiger partial charge in [0.1, 0.15) is 11.9 Å². The number of carbonyl (C=O) groups is 3. The zero-order valence-electron chi connectivity index (χ0n) is 20.6. The first kappa shape index (κ1) is 27.8. The van der Waals surface area contributed by atoms with Crippen molar-refractivity contribution in [2.45, 2.75) is 25.0 Å². The minimum Gasteiger partial charge on any atom is -0.504 e. The summed E-state index contributed by atoms with van der Waals surface area (Å²) in [6.07, 6.45) is 0.309. The molecule has 0 unspecified atom stereocenters. The van der Waals surface area contributed by atoms with Crippen LogP contribution in [0.5, 0.6) is 17.2 Å². The van der Waals surface area contributed by atoms with Gasteiger partial charge in [0, 0.05) is 17.2 Å². The maximum Gasteiger partial charge on any atom is 0.414 e. The highest BCUT2D eigenvalue weighted by molar-refractivity contribution is 6.02. The number of hydrogen-bond donors (Lipinski definition) is 4. The minimum absolute atomic E-state index is 0.183. The zero-order valence-corrected chi connectivity index (χ0v) is 20.6. The fourth-order valence-electron chi connectivity index (χ4n) is 3.58. The molecule has 10 nitrogen and oxygen atoms in total. The van der Waals surface area contributed by atoms with E-state index in [1.54, 1.807) is 60.7 Å². The van der Waals surface area contributed by atoms with E-state index < -0.39 is 30.1 Å². The molecule has 38 heavy (non-hydrogen) atoms. The number of hydrogen-bond acceptors (Lipinski definition) is 8. The number of ether oxygens (including phenoxy) is 3. The molecular weight excluding hydrogens is 492 g/mol. The Morgan fingerprint density at radius 1 is 0.974 bits per heavy atom. The molecule has 0 fully saturated rings. The summed E-state index contributed by atoms with van der Waals surface area (Å²) in [5.74, 6) is -0.823. The largest absolute Gasteiger partial charge is 0.504 e. The fourth-order valence-corrected chi connectivity index (χ4v) is 3.58. The Morgan fingerprint density at radius 3 is 2.29 bits per heavy atom. The van der Waals surface area contributed by atoms with Gasteiger partial charge in [-0.2, -0.15) is 0 Å². The van der Waals surface area contributed by atoms with Crippen LogP contribution in [0.2, 0.25) is 0 Å². The van der Waals surface area contributed by atoms with Gasteiger partial charge in [-0.1, -0.05) is 48.5 Å². The molecule has 2 atom stereocenters. The third-order valence-electron chi connectivity index (χ3n) is 5.38. The molecule has 0 aliphatic heterocycles. The normalized spacial score (nSPS) is 12.3. The van der Waals surface area contributed by atoms with Gasteiger partial charge in [0.15, 0.2) is 17.6 Å². The van der Waals surface area contributed by atoms with Gasteiger partial charge in [-0.05, 0) is 49.2 Å². The lowest BCUT2D eigenvalue weighted by Crippen LogP contribution is -2.36. The van der Waals surface area contributed by atoms with E-state index in [9.17, 15) is 19.5 Å². The Morgan fingerprint density at radius 2 is 1.66 bits per heavy atom. The molecule has 3 rings (SSSR count). The topological polar surface area (TPSA) is 143 Å². The number of alkyl carbamates (subject to hydrolysis) is 1. The van der Waals surface area contributed by atoms with Crippen molar-refractivity contribution in [3.8, 4) is 17.2 Å². The van der Waals surface area contributed by atoms with Crippen LogP contribution in [0.3, 0.4) is 0 Å². The Bertz CT molecular complexity index is 1250. The van der Waals surface area contributed by atoms with Crippen molar-refractivity contribution in [2.75, 3.05) is 7.11 Å². The number of aromatic hydroxyl groups is 1. The molecule has 3 aromatic carbocycles. The Labute approximate surface area is 219 Å². The van der Waals surface area contributed by atoms with Crippen LogP contribution in [0, 0.1) is 0 Å². The molecule has 0 heterocycles. The van der Waals surface area contributed by atoms with Crippen LogP contribution in [-0.4, -0.2) is 41.4 Å². The van der Waals surface area contributed by atoms with Crippen LogP contribution < -0.4 is 20.3 Å². The first-order valence-electron chi connectivity index (χ1n) is 11.7. The van der Waals surface area contributed by atoms with E-state index in [0.29, 0.717) is 17.7 Å². The van der Waals surface area contributed by atoms with Gasteiger partial charge in [-0.3, -0.25) is 20.1 Å². The average molecular weight is 521 g/mol. The van der Waals surface area contributed by atoms with E-state index in [-0.39, 0.29) is 23.5 Å². The van der Waals surface area contributed by atoms with Crippen molar-refractivity contribution in [1.82, 2.24) is 10.8 Å². The summed E-state index contributed by atoms with van der Waals surface area (Å²) in [7, 11) is 1.40. The summed E-state index contributed by atoms with van der Waals surface area (Å²) in [6, 6.07) is 21.5. The predicted molar refractivity (Wildman–Crippen MR) is 137 cm³/mol. The quantitative estimate of drug-likeness (QED) is 0.166. The van der Waals surface area contributed by atoms with E-state index in [2.05, 4.69) is 5.32 Å². The van der Waals surface area contributed by atoms with E-state index >= 15 is 0 Å². The number of carbonyl (C=O) groups excluding carboxylic acids is 3. The second-order valence-electron chi connectivity index (χ2n) is 8.00. The maximum atomic E-state index is 12.8. The lowest BCUT2D eigenvalue weighted by molar-refractivity contribution is -0.124. The number of imide groups is 1.